The Labute approximate surface area is 119 Å². The second kappa shape index (κ2) is 6.24. The molecule has 0 radical (unpaired) electrons. The zero-order chi connectivity index (χ0) is 14.6. The molecule has 2 aliphatic rings. The van der Waals surface area contributed by atoms with Crippen LogP contribution in [0.15, 0.2) is 0 Å². The van der Waals surface area contributed by atoms with Crippen molar-refractivity contribution in [2.75, 3.05) is 13.6 Å². The molecule has 4 amide bonds. The van der Waals surface area contributed by atoms with Crippen molar-refractivity contribution in [3.05, 3.63) is 0 Å². The Morgan fingerprint density at radius 2 is 1.90 bits per heavy atom. The Morgan fingerprint density at radius 1 is 1.25 bits per heavy atom. The second-order valence-corrected chi connectivity index (χ2v) is 5.63. The molecular formula is C14H23N3O3. The lowest BCUT2D eigenvalue weighted by atomic mass is 9.88. The molecule has 0 atom stereocenters. The van der Waals surface area contributed by atoms with E-state index in [1.54, 1.807) is 11.9 Å². The number of amides is 4. The van der Waals surface area contributed by atoms with Crippen LogP contribution in [-0.4, -0.2) is 41.9 Å². The van der Waals surface area contributed by atoms with Crippen LogP contribution in [-0.2, 0) is 9.59 Å². The van der Waals surface area contributed by atoms with Crippen molar-refractivity contribution in [1.29, 1.82) is 0 Å². The SMILES string of the molecule is CNC(=O)CCCN1C(=O)NC(=O)C12CCCCCC2. The first-order valence-corrected chi connectivity index (χ1v) is 7.44. The predicted molar refractivity (Wildman–Crippen MR) is 74.0 cm³/mol. The molecule has 2 N–H and O–H groups in total. The summed E-state index contributed by atoms with van der Waals surface area (Å²) in [6, 6.07) is -0.297. The van der Waals surface area contributed by atoms with Crippen molar-refractivity contribution >= 4 is 17.8 Å². The minimum absolute atomic E-state index is 0.0363. The lowest BCUT2D eigenvalue weighted by molar-refractivity contribution is -0.127. The van der Waals surface area contributed by atoms with Crippen molar-refractivity contribution in [2.24, 2.45) is 0 Å². The van der Waals surface area contributed by atoms with Crippen LogP contribution >= 0.6 is 0 Å². The van der Waals surface area contributed by atoms with Crippen LogP contribution in [0, 0.1) is 0 Å². The van der Waals surface area contributed by atoms with E-state index in [4.69, 9.17) is 0 Å². The number of carbonyl (C=O) groups is 3. The van der Waals surface area contributed by atoms with E-state index in [0.717, 1.165) is 38.5 Å². The van der Waals surface area contributed by atoms with E-state index < -0.39 is 5.54 Å². The molecule has 1 aliphatic carbocycles. The summed E-state index contributed by atoms with van der Waals surface area (Å²) in [5.74, 6) is -0.185. The van der Waals surface area contributed by atoms with E-state index >= 15 is 0 Å². The maximum atomic E-state index is 12.2. The van der Waals surface area contributed by atoms with Crippen molar-refractivity contribution in [1.82, 2.24) is 15.5 Å². The largest absolute Gasteiger partial charge is 0.359 e. The molecule has 0 aromatic carbocycles. The van der Waals surface area contributed by atoms with E-state index in [0.29, 0.717) is 19.4 Å². The van der Waals surface area contributed by atoms with Gasteiger partial charge in [-0.05, 0) is 19.3 Å². The molecule has 1 saturated carbocycles. The summed E-state index contributed by atoms with van der Waals surface area (Å²) in [6.07, 6.45) is 6.64. The number of urea groups is 1. The number of carbonyl (C=O) groups excluding carboxylic acids is 3. The Balaban J connectivity index is 2.05. The van der Waals surface area contributed by atoms with Gasteiger partial charge in [0.25, 0.3) is 5.91 Å². The highest BCUT2D eigenvalue weighted by molar-refractivity contribution is 6.07. The molecule has 0 aromatic rings. The number of rotatable bonds is 4. The molecule has 0 unspecified atom stereocenters. The molecular weight excluding hydrogens is 258 g/mol. The molecule has 0 bridgehead atoms. The molecule has 1 saturated heterocycles. The van der Waals surface area contributed by atoms with Gasteiger partial charge in [-0.15, -0.1) is 0 Å². The standard InChI is InChI=1S/C14H23N3O3/c1-15-11(18)7-6-10-17-13(20)16-12(19)14(17)8-4-2-3-5-9-14/h2-10H2,1H3,(H,15,18)(H,16,19,20). The lowest BCUT2D eigenvalue weighted by Gasteiger charge is -2.34. The van der Waals surface area contributed by atoms with Gasteiger partial charge in [-0.25, -0.2) is 4.79 Å². The van der Waals surface area contributed by atoms with Gasteiger partial charge in [0.1, 0.15) is 5.54 Å². The minimum Gasteiger partial charge on any atom is -0.359 e. The Bertz CT molecular complexity index is 400. The molecule has 1 heterocycles. The van der Waals surface area contributed by atoms with Gasteiger partial charge in [0.2, 0.25) is 5.91 Å². The predicted octanol–water partition coefficient (Wildman–Crippen LogP) is 1.16. The number of nitrogens with zero attached hydrogens (tertiary/aromatic N) is 1. The molecule has 2 fully saturated rings. The summed E-state index contributed by atoms with van der Waals surface area (Å²) in [4.78, 5) is 37.2. The monoisotopic (exact) mass is 281 g/mol. The molecule has 2 rings (SSSR count). The molecule has 6 nitrogen and oxygen atoms in total. The Morgan fingerprint density at radius 3 is 2.50 bits per heavy atom. The van der Waals surface area contributed by atoms with Crippen molar-refractivity contribution in [3.8, 4) is 0 Å². The van der Waals surface area contributed by atoms with Crippen LogP contribution in [0.4, 0.5) is 4.79 Å². The van der Waals surface area contributed by atoms with Crippen LogP contribution in [0.2, 0.25) is 0 Å². The first-order valence-electron chi connectivity index (χ1n) is 7.44. The van der Waals surface area contributed by atoms with E-state index in [9.17, 15) is 14.4 Å². The first-order chi connectivity index (χ1) is 9.60. The van der Waals surface area contributed by atoms with Crippen molar-refractivity contribution in [3.63, 3.8) is 0 Å². The molecule has 1 aliphatic heterocycles. The van der Waals surface area contributed by atoms with Gasteiger partial charge in [-0.3, -0.25) is 14.9 Å². The topological polar surface area (TPSA) is 78.5 Å². The van der Waals surface area contributed by atoms with Crippen LogP contribution < -0.4 is 10.6 Å². The number of imide groups is 1. The van der Waals surface area contributed by atoms with Crippen LogP contribution in [0.5, 0.6) is 0 Å². The van der Waals surface area contributed by atoms with Gasteiger partial charge in [0, 0.05) is 20.0 Å². The summed E-state index contributed by atoms with van der Waals surface area (Å²) in [7, 11) is 1.60. The minimum atomic E-state index is -0.656. The highest BCUT2D eigenvalue weighted by atomic mass is 16.2. The van der Waals surface area contributed by atoms with Crippen molar-refractivity contribution < 1.29 is 14.4 Å². The second-order valence-electron chi connectivity index (χ2n) is 5.63. The van der Waals surface area contributed by atoms with Crippen molar-refractivity contribution in [2.45, 2.75) is 56.9 Å². The summed E-state index contributed by atoms with van der Waals surface area (Å²) >= 11 is 0. The third-order valence-electron chi connectivity index (χ3n) is 4.40. The number of nitrogens with one attached hydrogen (secondary N) is 2. The summed E-state index contributed by atoms with van der Waals surface area (Å²) < 4.78 is 0. The quantitative estimate of drug-likeness (QED) is 0.759. The average Bonchev–Trinajstić information content (AvgIpc) is 2.64. The van der Waals surface area contributed by atoms with E-state index in [1.165, 1.54) is 0 Å². The van der Waals surface area contributed by atoms with Gasteiger partial charge in [-0.1, -0.05) is 25.7 Å². The smallest absolute Gasteiger partial charge is 0.325 e. The van der Waals surface area contributed by atoms with Gasteiger partial charge >= 0.3 is 6.03 Å². The Hall–Kier alpha value is -1.59. The van der Waals surface area contributed by atoms with E-state index in [2.05, 4.69) is 10.6 Å². The van der Waals surface area contributed by atoms with Gasteiger partial charge in [0.15, 0.2) is 0 Å². The zero-order valence-electron chi connectivity index (χ0n) is 12.0. The van der Waals surface area contributed by atoms with Crippen LogP contribution in [0.3, 0.4) is 0 Å². The summed E-state index contributed by atoms with van der Waals surface area (Å²) in [5.41, 5.74) is -0.656. The normalized spacial score (nSPS) is 21.8. The molecule has 20 heavy (non-hydrogen) atoms. The summed E-state index contributed by atoms with van der Waals surface area (Å²) in [6.45, 7) is 0.463. The van der Waals surface area contributed by atoms with Gasteiger partial charge in [-0.2, -0.15) is 0 Å². The van der Waals surface area contributed by atoms with Crippen LogP contribution in [0.1, 0.15) is 51.4 Å². The molecule has 1 spiro atoms. The summed E-state index contributed by atoms with van der Waals surface area (Å²) in [5, 5.41) is 5.02. The fourth-order valence-corrected chi connectivity index (χ4v) is 3.25. The van der Waals surface area contributed by atoms with Gasteiger partial charge in [0.05, 0.1) is 0 Å². The fourth-order valence-electron chi connectivity index (χ4n) is 3.25. The van der Waals surface area contributed by atoms with Gasteiger partial charge < -0.3 is 10.2 Å². The third-order valence-corrected chi connectivity index (χ3v) is 4.40. The average molecular weight is 281 g/mol. The lowest BCUT2D eigenvalue weighted by Crippen LogP contribution is -2.49. The zero-order valence-corrected chi connectivity index (χ0v) is 12.0. The third kappa shape index (κ3) is 2.78. The number of hydrogen-bond donors (Lipinski definition) is 2. The first kappa shape index (κ1) is 14.8. The maximum absolute atomic E-state index is 12.2. The Kier molecular flexibility index (Phi) is 4.62. The molecule has 112 valence electrons. The highest BCUT2D eigenvalue weighted by Gasteiger charge is 2.51. The molecule has 0 aromatic heterocycles. The fraction of sp³-hybridized carbons (Fsp3) is 0.786. The highest BCUT2D eigenvalue weighted by Crippen LogP contribution is 2.36. The van der Waals surface area contributed by atoms with E-state index in [-0.39, 0.29) is 17.8 Å². The van der Waals surface area contributed by atoms with E-state index in [1.807, 2.05) is 0 Å². The van der Waals surface area contributed by atoms with Crippen LogP contribution in [0.25, 0.3) is 0 Å². The maximum Gasteiger partial charge on any atom is 0.325 e. The molecule has 6 heteroatoms. The number of hydrogen-bond acceptors (Lipinski definition) is 3.